The molecule has 0 bridgehead atoms. The van der Waals surface area contributed by atoms with Gasteiger partial charge in [-0.1, -0.05) is 11.6 Å². The van der Waals surface area contributed by atoms with Crippen LogP contribution in [0.5, 0.6) is 0 Å². The molecule has 168 valence electrons. The van der Waals surface area contributed by atoms with Gasteiger partial charge in [-0.15, -0.1) is 0 Å². The van der Waals surface area contributed by atoms with Crippen LogP contribution in [-0.2, 0) is 15.4 Å². The molecule has 1 aromatic heterocycles. The number of aromatic nitrogens is 2. The zero-order chi connectivity index (χ0) is 23.4. The van der Waals surface area contributed by atoms with E-state index in [4.69, 9.17) is 17.3 Å². The summed E-state index contributed by atoms with van der Waals surface area (Å²) in [6.07, 6.45) is 0.796. The molecule has 1 amide bonds. The van der Waals surface area contributed by atoms with Gasteiger partial charge in [0.25, 0.3) is 5.91 Å². The lowest BCUT2D eigenvalue weighted by atomic mass is 9.92. The van der Waals surface area contributed by atoms with Crippen molar-refractivity contribution in [1.82, 2.24) is 9.78 Å². The highest BCUT2D eigenvalue weighted by molar-refractivity contribution is 7.93. The van der Waals surface area contributed by atoms with Crippen molar-refractivity contribution in [1.29, 1.82) is 0 Å². The standard InChI is InChI=1S/C18H19ClF3N5O3S/c1-17(2)15(23)25-18(3,8-31(17,29)30)10-6-9(4-5-12(10)20)24-14(28)13-11(19)7-27(26-13)16(21)22/h4-7,16H,8H2,1-3H3,(H2,23,25)(H,24,28)/t18-/m0/s1. The number of amidine groups is 1. The molecule has 3 N–H and O–H groups in total. The number of benzene rings is 1. The number of nitrogens with zero attached hydrogens (tertiary/aromatic N) is 3. The molecule has 31 heavy (non-hydrogen) atoms. The van der Waals surface area contributed by atoms with Crippen LogP contribution in [0.3, 0.4) is 0 Å². The third kappa shape index (κ3) is 4.01. The van der Waals surface area contributed by atoms with E-state index in [2.05, 4.69) is 15.4 Å². The Labute approximate surface area is 181 Å². The number of hydrogen-bond acceptors (Lipinski definition) is 6. The van der Waals surface area contributed by atoms with Crippen LogP contribution < -0.4 is 11.1 Å². The average Bonchev–Trinajstić information content (AvgIpc) is 3.03. The molecule has 0 fully saturated rings. The molecule has 0 aliphatic carbocycles. The smallest absolute Gasteiger partial charge is 0.333 e. The van der Waals surface area contributed by atoms with Gasteiger partial charge in [-0.2, -0.15) is 13.9 Å². The summed E-state index contributed by atoms with van der Waals surface area (Å²) in [4.78, 5) is 16.7. The fourth-order valence-electron chi connectivity index (χ4n) is 3.11. The lowest BCUT2D eigenvalue weighted by Crippen LogP contribution is -2.55. The van der Waals surface area contributed by atoms with Crippen LogP contribution in [0.2, 0.25) is 5.02 Å². The van der Waals surface area contributed by atoms with Crippen LogP contribution in [0.15, 0.2) is 29.4 Å². The summed E-state index contributed by atoms with van der Waals surface area (Å²) in [5.41, 5.74) is 3.83. The largest absolute Gasteiger partial charge is 0.386 e. The Morgan fingerprint density at radius 3 is 2.52 bits per heavy atom. The van der Waals surface area contributed by atoms with E-state index in [-0.39, 0.29) is 26.8 Å². The van der Waals surface area contributed by atoms with Gasteiger partial charge in [0.2, 0.25) is 0 Å². The van der Waals surface area contributed by atoms with Crippen molar-refractivity contribution in [2.45, 2.75) is 37.6 Å². The molecule has 3 rings (SSSR count). The molecule has 1 atom stereocenters. The Morgan fingerprint density at radius 2 is 1.97 bits per heavy atom. The number of hydrogen-bond donors (Lipinski definition) is 2. The SMILES string of the molecule is CC1(C)C(N)=N[C@](C)(c2cc(NC(=O)c3nn(C(F)F)cc3Cl)ccc2F)CS1(=O)=O. The lowest BCUT2D eigenvalue weighted by molar-refractivity contribution is 0.0561. The molecule has 13 heteroatoms. The van der Waals surface area contributed by atoms with Gasteiger partial charge < -0.3 is 11.1 Å². The molecule has 0 spiro atoms. The van der Waals surface area contributed by atoms with Crippen molar-refractivity contribution >= 4 is 38.9 Å². The molecule has 0 unspecified atom stereocenters. The minimum Gasteiger partial charge on any atom is -0.386 e. The van der Waals surface area contributed by atoms with Crippen LogP contribution in [-0.4, -0.2) is 40.4 Å². The number of anilines is 1. The van der Waals surface area contributed by atoms with Crippen molar-refractivity contribution in [2.75, 3.05) is 11.1 Å². The van der Waals surface area contributed by atoms with Crippen LogP contribution >= 0.6 is 11.6 Å². The third-order valence-electron chi connectivity index (χ3n) is 5.14. The predicted molar refractivity (Wildman–Crippen MR) is 110 cm³/mol. The van der Waals surface area contributed by atoms with E-state index in [9.17, 15) is 26.4 Å². The Morgan fingerprint density at radius 1 is 1.32 bits per heavy atom. The van der Waals surface area contributed by atoms with Gasteiger partial charge in [-0.05, 0) is 39.0 Å². The summed E-state index contributed by atoms with van der Waals surface area (Å²) in [7, 11) is -3.78. The Bertz CT molecular complexity index is 1200. The van der Waals surface area contributed by atoms with E-state index in [1.807, 2.05) is 0 Å². The lowest BCUT2D eigenvalue weighted by Gasteiger charge is -2.38. The second kappa shape index (κ2) is 7.52. The number of nitrogens with one attached hydrogen (secondary N) is 1. The monoisotopic (exact) mass is 477 g/mol. The van der Waals surface area contributed by atoms with Gasteiger partial charge in [0.1, 0.15) is 21.9 Å². The van der Waals surface area contributed by atoms with Gasteiger partial charge in [-0.25, -0.2) is 17.5 Å². The van der Waals surface area contributed by atoms with Crippen molar-refractivity contribution in [3.05, 3.63) is 46.5 Å². The van der Waals surface area contributed by atoms with E-state index in [1.165, 1.54) is 32.9 Å². The minimum atomic E-state index is -3.78. The highest BCUT2D eigenvalue weighted by atomic mass is 35.5. The molecule has 1 aliphatic rings. The van der Waals surface area contributed by atoms with Gasteiger partial charge in [0, 0.05) is 11.3 Å². The maximum Gasteiger partial charge on any atom is 0.333 e. The predicted octanol–water partition coefficient (Wildman–Crippen LogP) is 3.10. The normalized spacial score (nSPS) is 22.3. The number of halogens is 4. The summed E-state index contributed by atoms with van der Waals surface area (Å²) < 4.78 is 64.4. The molecule has 1 aliphatic heterocycles. The Hall–Kier alpha value is -2.60. The Kier molecular flexibility index (Phi) is 5.60. The first-order valence-electron chi connectivity index (χ1n) is 8.90. The van der Waals surface area contributed by atoms with E-state index in [0.29, 0.717) is 0 Å². The zero-order valence-corrected chi connectivity index (χ0v) is 18.2. The van der Waals surface area contributed by atoms with Gasteiger partial charge >= 0.3 is 6.55 Å². The summed E-state index contributed by atoms with van der Waals surface area (Å²) in [5.74, 6) is -2.34. The van der Waals surface area contributed by atoms with Crippen LogP contribution in [0.1, 0.15) is 43.4 Å². The van der Waals surface area contributed by atoms with Crippen molar-refractivity contribution in [2.24, 2.45) is 10.7 Å². The van der Waals surface area contributed by atoms with Gasteiger partial charge in [-0.3, -0.25) is 9.79 Å². The fraction of sp³-hybridized carbons (Fsp3) is 0.389. The van der Waals surface area contributed by atoms with E-state index in [1.54, 1.807) is 0 Å². The van der Waals surface area contributed by atoms with Crippen molar-refractivity contribution < 1.29 is 26.4 Å². The van der Waals surface area contributed by atoms with Crippen molar-refractivity contribution in [3.63, 3.8) is 0 Å². The summed E-state index contributed by atoms with van der Waals surface area (Å²) in [5, 5.41) is 5.51. The van der Waals surface area contributed by atoms with E-state index in [0.717, 1.165) is 12.3 Å². The maximum atomic E-state index is 14.6. The topological polar surface area (TPSA) is 119 Å². The van der Waals surface area contributed by atoms with Crippen molar-refractivity contribution in [3.8, 4) is 0 Å². The molecule has 8 nitrogen and oxygen atoms in total. The molecule has 0 saturated carbocycles. The number of carbonyl (C=O) groups is 1. The fourth-order valence-corrected chi connectivity index (χ4v) is 5.02. The van der Waals surface area contributed by atoms with Crippen LogP contribution in [0.25, 0.3) is 0 Å². The quantitative estimate of drug-likeness (QED) is 0.701. The second-order valence-electron chi connectivity index (χ2n) is 7.77. The third-order valence-corrected chi connectivity index (χ3v) is 8.12. The van der Waals surface area contributed by atoms with Crippen LogP contribution in [0, 0.1) is 5.82 Å². The molecule has 2 heterocycles. The Balaban J connectivity index is 1.98. The molecular formula is C18H19ClF3N5O3S. The average molecular weight is 478 g/mol. The highest BCUT2D eigenvalue weighted by Crippen LogP contribution is 2.38. The number of nitrogens with two attached hydrogens (primary N) is 1. The molecule has 0 saturated heterocycles. The van der Waals surface area contributed by atoms with Crippen LogP contribution in [0.4, 0.5) is 18.9 Å². The first-order valence-corrected chi connectivity index (χ1v) is 10.9. The number of rotatable bonds is 4. The van der Waals surface area contributed by atoms with E-state index < -0.39 is 49.8 Å². The number of alkyl halides is 2. The second-order valence-corrected chi connectivity index (χ2v) is 10.7. The first kappa shape index (κ1) is 23.1. The maximum absolute atomic E-state index is 14.6. The number of aliphatic imine (C=N–C) groups is 1. The van der Waals surface area contributed by atoms with Gasteiger partial charge in [0.15, 0.2) is 15.5 Å². The summed E-state index contributed by atoms with van der Waals surface area (Å²) >= 11 is 5.79. The first-order chi connectivity index (χ1) is 14.2. The summed E-state index contributed by atoms with van der Waals surface area (Å²) in [6.45, 7) is 1.25. The molecule has 2 aromatic rings. The molecular weight excluding hydrogens is 459 g/mol. The number of amides is 1. The molecule has 0 radical (unpaired) electrons. The zero-order valence-electron chi connectivity index (χ0n) is 16.7. The number of carbonyl (C=O) groups excluding carboxylic acids is 1. The number of sulfone groups is 1. The van der Waals surface area contributed by atoms with E-state index >= 15 is 0 Å². The molecule has 1 aromatic carbocycles. The summed E-state index contributed by atoms with van der Waals surface area (Å²) in [6, 6.07) is 3.44. The highest BCUT2D eigenvalue weighted by Gasteiger charge is 2.49. The minimum absolute atomic E-state index is 0.0568. The van der Waals surface area contributed by atoms with Gasteiger partial charge in [0.05, 0.1) is 17.0 Å².